The predicted molar refractivity (Wildman–Crippen MR) is 91.7 cm³/mol. The van der Waals surface area contributed by atoms with Crippen LogP contribution in [0.4, 0.5) is 0 Å². The Morgan fingerprint density at radius 1 is 1.46 bits per heavy atom. The van der Waals surface area contributed by atoms with Crippen LogP contribution < -0.4 is 0 Å². The third-order valence-electron chi connectivity index (χ3n) is 7.11. The molecular formula is C21H24O3. The number of ketones is 1. The number of aliphatic hydroxyl groups excluding tert-OH is 1. The smallest absolute Gasteiger partial charge is 0.155 e. The van der Waals surface area contributed by atoms with Crippen LogP contribution in [0.1, 0.15) is 32.6 Å². The second-order valence-corrected chi connectivity index (χ2v) is 8.25. The van der Waals surface area contributed by atoms with Crippen molar-refractivity contribution >= 4 is 5.78 Å². The van der Waals surface area contributed by atoms with Gasteiger partial charge in [-0.05, 0) is 55.1 Å². The molecule has 24 heavy (non-hydrogen) atoms. The van der Waals surface area contributed by atoms with Crippen LogP contribution in [0.5, 0.6) is 0 Å². The molecule has 0 aromatic heterocycles. The van der Waals surface area contributed by atoms with Crippen molar-refractivity contribution in [3.8, 4) is 12.3 Å². The highest BCUT2D eigenvalue weighted by atomic mass is 16.3. The van der Waals surface area contributed by atoms with Gasteiger partial charge in [-0.3, -0.25) is 4.79 Å². The van der Waals surface area contributed by atoms with E-state index in [4.69, 9.17) is 6.42 Å². The molecule has 0 radical (unpaired) electrons. The number of hydrogen-bond acceptors (Lipinski definition) is 3. The zero-order valence-corrected chi connectivity index (χ0v) is 14.0. The molecule has 3 nitrogen and oxygen atoms in total. The summed E-state index contributed by atoms with van der Waals surface area (Å²) in [4.78, 5) is 11.8. The molecule has 7 atom stereocenters. The lowest BCUT2D eigenvalue weighted by Crippen LogP contribution is -2.56. The lowest BCUT2D eigenvalue weighted by Gasteiger charge is -2.56. The number of fused-ring (bicyclic) bond motifs is 5. The third kappa shape index (κ3) is 1.84. The first-order valence-corrected chi connectivity index (χ1v) is 8.79. The highest BCUT2D eigenvalue weighted by Crippen LogP contribution is 2.63. The molecule has 0 spiro atoms. The molecule has 0 heterocycles. The summed E-state index contributed by atoms with van der Waals surface area (Å²) >= 11 is 0. The summed E-state index contributed by atoms with van der Waals surface area (Å²) < 4.78 is 0. The summed E-state index contributed by atoms with van der Waals surface area (Å²) in [6.45, 7) is 6.33. The number of hydrogen-bond donors (Lipinski definition) is 2. The van der Waals surface area contributed by atoms with Crippen LogP contribution in [0.15, 0.2) is 36.0 Å². The summed E-state index contributed by atoms with van der Waals surface area (Å²) in [5.41, 5.74) is 0.329. The van der Waals surface area contributed by atoms with Crippen molar-refractivity contribution < 1.29 is 15.0 Å². The van der Waals surface area contributed by atoms with Crippen LogP contribution in [-0.4, -0.2) is 27.7 Å². The fraction of sp³-hybridized carbons (Fsp3) is 0.571. The molecule has 0 aromatic carbocycles. The van der Waals surface area contributed by atoms with Gasteiger partial charge in [0, 0.05) is 11.8 Å². The van der Waals surface area contributed by atoms with Gasteiger partial charge in [0.05, 0.1) is 6.10 Å². The topological polar surface area (TPSA) is 57.5 Å². The quantitative estimate of drug-likeness (QED) is 0.531. The number of rotatable bonds is 0. The second-order valence-electron chi connectivity index (χ2n) is 8.25. The molecule has 2 fully saturated rings. The van der Waals surface area contributed by atoms with E-state index in [1.165, 1.54) is 0 Å². The molecule has 0 aliphatic heterocycles. The van der Waals surface area contributed by atoms with Gasteiger partial charge in [0.25, 0.3) is 0 Å². The standard InChI is InChI=1S/C21H24O3/c1-4-21(24)8-7-16-19-17(23)10-13-9-14(22)5-6-15(13)18(19)12(2)11-20(16,21)3/h1,7-9,15-19,23-24H,2,5-6,10-11H2,3H3. The van der Waals surface area contributed by atoms with Gasteiger partial charge in [0.15, 0.2) is 5.78 Å². The number of terminal acetylenes is 1. The van der Waals surface area contributed by atoms with Crippen molar-refractivity contribution in [1.82, 2.24) is 0 Å². The van der Waals surface area contributed by atoms with Crippen LogP contribution in [0.25, 0.3) is 0 Å². The molecular weight excluding hydrogens is 300 g/mol. The van der Waals surface area contributed by atoms with E-state index < -0.39 is 17.1 Å². The van der Waals surface area contributed by atoms with E-state index in [-0.39, 0.29) is 23.5 Å². The first-order chi connectivity index (χ1) is 11.3. The van der Waals surface area contributed by atoms with E-state index >= 15 is 0 Å². The summed E-state index contributed by atoms with van der Waals surface area (Å²) in [5.74, 6) is 3.22. The van der Waals surface area contributed by atoms with Crippen molar-refractivity contribution in [2.45, 2.75) is 44.3 Å². The number of aliphatic hydroxyl groups is 2. The zero-order valence-electron chi connectivity index (χ0n) is 14.0. The van der Waals surface area contributed by atoms with E-state index in [1.54, 1.807) is 12.2 Å². The van der Waals surface area contributed by atoms with Crippen LogP contribution in [0, 0.1) is 41.4 Å². The van der Waals surface area contributed by atoms with Crippen molar-refractivity contribution in [2.75, 3.05) is 0 Å². The molecule has 2 N–H and O–H groups in total. The minimum absolute atomic E-state index is 0.00484. The normalized spacial score (nSPS) is 49.8. The predicted octanol–water partition coefficient (Wildman–Crippen LogP) is 2.41. The second kappa shape index (κ2) is 4.94. The Hall–Kier alpha value is -1.63. The SMILES string of the molecule is C#CC1(O)C=CC2C3C(O)CC4=CC(=O)CCC4C3C(=C)CC21C. The highest BCUT2D eigenvalue weighted by molar-refractivity contribution is 5.91. The first-order valence-electron chi connectivity index (χ1n) is 8.79. The average Bonchev–Trinajstić information content (AvgIpc) is 2.79. The van der Waals surface area contributed by atoms with Crippen molar-refractivity contribution in [3.05, 3.63) is 36.0 Å². The van der Waals surface area contributed by atoms with Crippen molar-refractivity contribution in [2.24, 2.45) is 29.1 Å². The van der Waals surface area contributed by atoms with Gasteiger partial charge in [-0.2, -0.15) is 0 Å². The van der Waals surface area contributed by atoms with Crippen molar-refractivity contribution in [3.63, 3.8) is 0 Å². The molecule has 0 amide bonds. The van der Waals surface area contributed by atoms with Crippen LogP contribution in [0.3, 0.4) is 0 Å². The molecule has 0 saturated heterocycles. The number of carbonyl (C=O) groups is 1. The fourth-order valence-corrected chi connectivity index (χ4v) is 5.90. The zero-order chi connectivity index (χ0) is 17.3. The highest BCUT2D eigenvalue weighted by Gasteiger charge is 2.62. The Morgan fingerprint density at radius 2 is 2.21 bits per heavy atom. The van der Waals surface area contributed by atoms with Gasteiger partial charge in [-0.25, -0.2) is 0 Å². The lowest BCUT2D eigenvalue weighted by molar-refractivity contribution is -0.116. The summed E-state index contributed by atoms with van der Waals surface area (Å²) in [6, 6.07) is 0. The molecule has 3 heteroatoms. The van der Waals surface area contributed by atoms with Crippen LogP contribution in [-0.2, 0) is 4.79 Å². The van der Waals surface area contributed by atoms with Crippen LogP contribution >= 0.6 is 0 Å². The summed E-state index contributed by atoms with van der Waals surface area (Å²) in [7, 11) is 0. The van der Waals surface area contributed by atoms with E-state index in [0.717, 1.165) is 17.6 Å². The fourth-order valence-electron chi connectivity index (χ4n) is 5.90. The van der Waals surface area contributed by atoms with Gasteiger partial charge in [-0.15, -0.1) is 6.42 Å². The Bertz CT molecular complexity index is 724. The van der Waals surface area contributed by atoms with Gasteiger partial charge >= 0.3 is 0 Å². The maximum Gasteiger partial charge on any atom is 0.155 e. The van der Waals surface area contributed by atoms with E-state index in [1.807, 2.05) is 13.0 Å². The van der Waals surface area contributed by atoms with E-state index in [0.29, 0.717) is 25.2 Å². The molecule has 4 rings (SSSR count). The molecule has 4 aliphatic rings. The van der Waals surface area contributed by atoms with Gasteiger partial charge in [0.2, 0.25) is 0 Å². The number of carbonyl (C=O) groups excluding carboxylic acids is 1. The molecule has 126 valence electrons. The summed E-state index contributed by atoms with van der Waals surface area (Å²) in [5, 5.41) is 21.8. The molecule has 4 aliphatic carbocycles. The monoisotopic (exact) mass is 324 g/mol. The first kappa shape index (κ1) is 15.9. The van der Waals surface area contributed by atoms with Gasteiger partial charge in [-0.1, -0.05) is 36.6 Å². The Balaban J connectivity index is 1.78. The maximum atomic E-state index is 11.8. The average molecular weight is 324 g/mol. The van der Waals surface area contributed by atoms with E-state index in [9.17, 15) is 15.0 Å². The Morgan fingerprint density at radius 3 is 2.92 bits per heavy atom. The molecule has 7 unspecified atom stereocenters. The number of allylic oxidation sites excluding steroid dienone is 3. The largest absolute Gasteiger partial charge is 0.392 e. The third-order valence-corrected chi connectivity index (χ3v) is 7.11. The Kier molecular flexibility index (Phi) is 3.27. The molecule has 0 bridgehead atoms. The van der Waals surface area contributed by atoms with Crippen LogP contribution in [0.2, 0.25) is 0 Å². The minimum atomic E-state index is -1.29. The molecule has 0 aromatic rings. The van der Waals surface area contributed by atoms with E-state index in [2.05, 4.69) is 12.5 Å². The van der Waals surface area contributed by atoms with Gasteiger partial charge < -0.3 is 10.2 Å². The van der Waals surface area contributed by atoms with Crippen molar-refractivity contribution in [1.29, 1.82) is 0 Å². The van der Waals surface area contributed by atoms with Gasteiger partial charge in [0.1, 0.15) is 5.60 Å². The maximum absolute atomic E-state index is 11.8. The summed E-state index contributed by atoms with van der Waals surface area (Å²) in [6.07, 6.45) is 13.2. The molecule has 2 saturated carbocycles. The lowest BCUT2D eigenvalue weighted by atomic mass is 9.48. The Labute approximate surface area is 143 Å². The minimum Gasteiger partial charge on any atom is -0.392 e.